The molecule has 4 nitrogen and oxygen atoms in total. The van der Waals surface area contributed by atoms with Crippen LogP contribution in [0, 0.1) is 0 Å². The Balaban J connectivity index is 2.13. The maximum atomic E-state index is 11.2. The van der Waals surface area contributed by atoms with Gasteiger partial charge in [-0.2, -0.15) is 0 Å². The monoisotopic (exact) mass is 199 g/mol. The third-order valence-electron chi connectivity index (χ3n) is 2.09. The largest absolute Gasteiger partial charge is 0.379 e. The maximum absolute atomic E-state index is 11.2. The molecule has 0 aromatic rings. The molecule has 0 unspecified atom stereocenters. The van der Waals surface area contributed by atoms with Crippen molar-refractivity contribution in [3.8, 4) is 0 Å². The number of hydrogen-bond acceptors (Lipinski definition) is 3. The fourth-order valence-corrected chi connectivity index (χ4v) is 1.42. The Morgan fingerprint density at radius 3 is 2.64 bits per heavy atom. The zero-order chi connectivity index (χ0) is 10.6. The average Bonchev–Trinajstić information content (AvgIpc) is 2.39. The van der Waals surface area contributed by atoms with Gasteiger partial charge in [0.05, 0.1) is 19.1 Å². The van der Waals surface area contributed by atoms with Crippen molar-refractivity contribution in [3.63, 3.8) is 0 Å². The lowest BCUT2D eigenvalue weighted by Gasteiger charge is -2.14. The number of carbonyl (C=O) groups excluding carboxylic acids is 2. The second-order valence-corrected chi connectivity index (χ2v) is 3.80. The first-order chi connectivity index (χ1) is 6.59. The van der Waals surface area contributed by atoms with Gasteiger partial charge in [-0.25, -0.2) is 0 Å². The molecule has 0 aromatic carbocycles. The number of likely N-dealkylation sites (tertiary alicyclic amines) is 1. The van der Waals surface area contributed by atoms with E-state index in [9.17, 15) is 9.59 Å². The standard InChI is InChI=1S/C10H17NO3/c1-8(2)14-5-3-4-11-7-9(12)6-10(11)13/h8H,3-7H2,1-2H3. The minimum absolute atomic E-state index is 0.0276. The van der Waals surface area contributed by atoms with Crippen molar-refractivity contribution in [2.75, 3.05) is 19.7 Å². The molecule has 1 amide bonds. The van der Waals surface area contributed by atoms with Crippen LogP contribution >= 0.6 is 0 Å². The van der Waals surface area contributed by atoms with Gasteiger partial charge in [0.1, 0.15) is 0 Å². The average molecular weight is 199 g/mol. The molecule has 1 fully saturated rings. The summed E-state index contributed by atoms with van der Waals surface area (Å²) in [6, 6.07) is 0. The molecule has 0 bridgehead atoms. The fourth-order valence-electron chi connectivity index (χ4n) is 1.42. The minimum atomic E-state index is -0.0421. The highest BCUT2D eigenvalue weighted by molar-refractivity contribution is 6.05. The van der Waals surface area contributed by atoms with Crippen molar-refractivity contribution < 1.29 is 14.3 Å². The molecule has 1 aliphatic heterocycles. The van der Waals surface area contributed by atoms with Gasteiger partial charge in [0.25, 0.3) is 0 Å². The van der Waals surface area contributed by atoms with E-state index in [2.05, 4.69) is 0 Å². The highest BCUT2D eigenvalue weighted by Crippen LogP contribution is 2.06. The van der Waals surface area contributed by atoms with Crippen LogP contribution in [0.2, 0.25) is 0 Å². The quantitative estimate of drug-likeness (QED) is 0.481. The number of amides is 1. The molecule has 0 aromatic heterocycles. The van der Waals surface area contributed by atoms with Gasteiger partial charge in [-0.05, 0) is 20.3 Å². The van der Waals surface area contributed by atoms with Crippen molar-refractivity contribution in [3.05, 3.63) is 0 Å². The molecule has 80 valence electrons. The minimum Gasteiger partial charge on any atom is -0.379 e. The Kier molecular flexibility index (Phi) is 4.07. The smallest absolute Gasteiger partial charge is 0.230 e. The Morgan fingerprint density at radius 2 is 2.14 bits per heavy atom. The van der Waals surface area contributed by atoms with Crippen LogP contribution in [0.4, 0.5) is 0 Å². The molecule has 0 radical (unpaired) electrons. The second kappa shape index (κ2) is 5.10. The van der Waals surface area contributed by atoms with Crippen LogP contribution in [0.25, 0.3) is 0 Å². The summed E-state index contributed by atoms with van der Waals surface area (Å²) in [5.41, 5.74) is 0. The molecular weight excluding hydrogens is 182 g/mol. The molecule has 1 saturated heterocycles. The molecule has 1 heterocycles. The highest BCUT2D eigenvalue weighted by atomic mass is 16.5. The van der Waals surface area contributed by atoms with E-state index in [0.29, 0.717) is 19.7 Å². The normalized spacial score (nSPS) is 17.2. The Morgan fingerprint density at radius 1 is 1.43 bits per heavy atom. The van der Waals surface area contributed by atoms with E-state index in [1.165, 1.54) is 0 Å². The Bertz CT molecular complexity index is 225. The van der Waals surface area contributed by atoms with Gasteiger partial charge in [0, 0.05) is 13.2 Å². The lowest BCUT2D eigenvalue weighted by atomic mass is 10.3. The summed E-state index contributed by atoms with van der Waals surface area (Å²) in [6.07, 6.45) is 1.12. The van der Waals surface area contributed by atoms with Crippen LogP contribution in [0.1, 0.15) is 26.7 Å². The van der Waals surface area contributed by atoms with Crippen LogP contribution in [0.5, 0.6) is 0 Å². The summed E-state index contributed by atoms with van der Waals surface area (Å²) in [6.45, 7) is 5.53. The first kappa shape index (κ1) is 11.2. The number of Topliss-reactive ketones (excluding diaryl/α,β-unsaturated/α-hetero) is 1. The molecular formula is C10H17NO3. The third-order valence-corrected chi connectivity index (χ3v) is 2.09. The van der Waals surface area contributed by atoms with E-state index in [4.69, 9.17) is 4.74 Å². The fraction of sp³-hybridized carbons (Fsp3) is 0.800. The number of hydrogen-bond donors (Lipinski definition) is 0. The number of ketones is 1. The van der Waals surface area contributed by atoms with Gasteiger partial charge < -0.3 is 9.64 Å². The van der Waals surface area contributed by atoms with Crippen LogP contribution < -0.4 is 0 Å². The van der Waals surface area contributed by atoms with Crippen LogP contribution in [-0.4, -0.2) is 42.4 Å². The van der Waals surface area contributed by atoms with Crippen LogP contribution in [-0.2, 0) is 14.3 Å². The summed E-state index contributed by atoms with van der Waals surface area (Å²) >= 11 is 0. The molecule has 0 atom stereocenters. The third kappa shape index (κ3) is 3.46. The molecule has 1 aliphatic rings. The number of ether oxygens (including phenoxy) is 1. The summed E-state index contributed by atoms with van der Waals surface area (Å²) in [5.74, 6) is -0.0145. The summed E-state index contributed by atoms with van der Waals surface area (Å²) in [7, 11) is 0. The van der Waals surface area contributed by atoms with Gasteiger partial charge in [-0.3, -0.25) is 9.59 Å². The molecule has 0 aliphatic carbocycles. The zero-order valence-electron chi connectivity index (χ0n) is 8.78. The summed E-state index contributed by atoms with van der Waals surface area (Å²) in [5, 5.41) is 0. The van der Waals surface area contributed by atoms with Gasteiger partial charge in [0.15, 0.2) is 5.78 Å². The van der Waals surface area contributed by atoms with Crippen LogP contribution in [0.15, 0.2) is 0 Å². The summed E-state index contributed by atoms with van der Waals surface area (Å²) in [4.78, 5) is 23.7. The van der Waals surface area contributed by atoms with E-state index in [0.717, 1.165) is 6.42 Å². The highest BCUT2D eigenvalue weighted by Gasteiger charge is 2.26. The zero-order valence-corrected chi connectivity index (χ0v) is 8.78. The van der Waals surface area contributed by atoms with Crippen molar-refractivity contribution in [1.29, 1.82) is 0 Å². The first-order valence-electron chi connectivity index (χ1n) is 5.00. The van der Waals surface area contributed by atoms with E-state index in [1.807, 2.05) is 13.8 Å². The van der Waals surface area contributed by atoms with Crippen molar-refractivity contribution in [1.82, 2.24) is 4.90 Å². The second-order valence-electron chi connectivity index (χ2n) is 3.80. The van der Waals surface area contributed by atoms with E-state index < -0.39 is 0 Å². The predicted octanol–water partition coefficient (Wildman–Crippen LogP) is 0.603. The van der Waals surface area contributed by atoms with Crippen molar-refractivity contribution >= 4 is 11.7 Å². The molecule has 4 heteroatoms. The maximum Gasteiger partial charge on any atom is 0.230 e. The lowest BCUT2D eigenvalue weighted by molar-refractivity contribution is -0.128. The molecule has 0 spiro atoms. The molecule has 0 saturated carbocycles. The number of rotatable bonds is 5. The molecule has 14 heavy (non-hydrogen) atoms. The van der Waals surface area contributed by atoms with E-state index in [1.54, 1.807) is 4.90 Å². The Hall–Kier alpha value is -0.900. The summed E-state index contributed by atoms with van der Waals surface area (Å²) < 4.78 is 5.34. The van der Waals surface area contributed by atoms with Crippen LogP contribution in [0.3, 0.4) is 0 Å². The van der Waals surface area contributed by atoms with Crippen molar-refractivity contribution in [2.24, 2.45) is 0 Å². The van der Waals surface area contributed by atoms with E-state index >= 15 is 0 Å². The van der Waals surface area contributed by atoms with Gasteiger partial charge in [0.2, 0.25) is 5.91 Å². The topological polar surface area (TPSA) is 46.6 Å². The lowest BCUT2D eigenvalue weighted by Crippen LogP contribution is -2.27. The SMILES string of the molecule is CC(C)OCCCN1CC(=O)CC1=O. The molecule has 0 N–H and O–H groups in total. The van der Waals surface area contributed by atoms with E-state index in [-0.39, 0.29) is 24.2 Å². The van der Waals surface area contributed by atoms with Gasteiger partial charge in [-0.15, -0.1) is 0 Å². The number of nitrogens with zero attached hydrogens (tertiary/aromatic N) is 1. The van der Waals surface area contributed by atoms with Crippen molar-refractivity contribution in [2.45, 2.75) is 32.8 Å². The number of carbonyl (C=O) groups is 2. The Labute approximate surface area is 84.2 Å². The van der Waals surface area contributed by atoms with Gasteiger partial charge >= 0.3 is 0 Å². The first-order valence-corrected chi connectivity index (χ1v) is 5.00. The molecule has 1 rings (SSSR count). The predicted molar refractivity (Wildman–Crippen MR) is 51.9 cm³/mol. The van der Waals surface area contributed by atoms with Gasteiger partial charge in [-0.1, -0.05) is 0 Å².